The molecule has 0 heterocycles. The van der Waals surface area contributed by atoms with Crippen LogP contribution in [0.4, 0.5) is 5.69 Å². The minimum Gasteiger partial charge on any atom is -0.497 e. The summed E-state index contributed by atoms with van der Waals surface area (Å²) in [4.78, 5) is 19.4. The highest BCUT2D eigenvalue weighted by atomic mass is 16.5. The normalized spacial score (nSPS) is 12.4. The summed E-state index contributed by atoms with van der Waals surface area (Å²) in [5, 5.41) is 0. The average molecular weight is 346 g/mol. The molecule has 3 rings (SSSR count). The van der Waals surface area contributed by atoms with Gasteiger partial charge in [0, 0.05) is 11.1 Å². The summed E-state index contributed by atoms with van der Waals surface area (Å²) in [6, 6.07) is 10.8. The monoisotopic (exact) mass is 346 g/mol. The number of carbonyl (C=O) groups is 1. The molecule has 130 valence electrons. The van der Waals surface area contributed by atoms with Crippen LogP contribution < -0.4 is 16.2 Å². The van der Waals surface area contributed by atoms with Crippen LogP contribution in [0.25, 0.3) is 10.4 Å². The van der Waals surface area contributed by atoms with E-state index in [0.29, 0.717) is 17.0 Å². The van der Waals surface area contributed by atoms with E-state index in [9.17, 15) is 4.79 Å². The van der Waals surface area contributed by atoms with Crippen LogP contribution in [0.1, 0.15) is 33.5 Å². The standard InChI is InChI=1S/C20H18N4O2/c1-23-16-7-4-8-17(26-2)18(16)14-6-3-5-12-9-10-13(11-15(12)14)19(25)24-20(21)22/h4,6-11H,3,5H2,2H3,(H4,21,22,24,25). The number of nitrogens with zero attached hydrogens (tertiary/aromatic N) is 2. The van der Waals surface area contributed by atoms with Crippen molar-refractivity contribution in [2.75, 3.05) is 7.11 Å². The smallest absolute Gasteiger partial charge is 0.280 e. The summed E-state index contributed by atoms with van der Waals surface area (Å²) >= 11 is 0. The Morgan fingerprint density at radius 1 is 1.27 bits per heavy atom. The minimum atomic E-state index is -0.497. The maximum Gasteiger partial charge on any atom is 0.280 e. The molecule has 0 aliphatic heterocycles. The lowest BCUT2D eigenvalue weighted by Gasteiger charge is -2.21. The molecule has 0 bridgehead atoms. The number of aliphatic imine (C=N–C) groups is 1. The summed E-state index contributed by atoms with van der Waals surface area (Å²) in [6.45, 7) is 7.49. The number of hydrogen-bond acceptors (Lipinski definition) is 2. The van der Waals surface area contributed by atoms with Crippen molar-refractivity contribution in [3.63, 3.8) is 0 Å². The number of guanidine groups is 1. The number of ether oxygens (including phenoxy) is 1. The number of benzene rings is 2. The molecule has 0 radical (unpaired) electrons. The number of fused-ring (bicyclic) bond motifs is 1. The van der Waals surface area contributed by atoms with E-state index in [2.05, 4.69) is 15.9 Å². The number of rotatable bonds is 3. The molecule has 2 aromatic carbocycles. The van der Waals surface area contributed by atoms with Gasteiger partial charge in [-0.2, -0.15) is 4.99 Å². The van der Waals surface area contributed by atoms with Crippen LogP contribution in [0, 0.1) is 6.57 Å². The molecule has 4 N–H and O–H groups in total. The van der Waals surface area contributed by atoms with Crippen molar-refractivity contribution in [1.82, 2.24) is 0 Å². The van der Waals surface area contributed by atoms with E-state index in [0.717, 1.165) is 35.1 Å². The molecule has 0 aromatic heterocycles. The molecule has 0 atom stereocenters. The van der Waals surface area contributed by atoms with Crippen LogP contribution in [0.15, 0.2) is 47.5 Å². The SMILES string of the molecule is [C-]#[N+]c1cccc(OC)c1C1=CCCc2ccc(C(=O)N=C(N)N)cc21. The maximum atomic E-state index is 12.2. The van der Waals surface area contributed by atoms with Crippen molar-refractivity contribution in [2.45, 2.75) is 12.8 Å². The van der Waals surface area contributed by atoms with Gasteiger partial charge in [0.25, 0.3) is 5.91 Å². The van der Waals surface area contributed by atoms with Crippen LogP contribution in [0.2, 0.25) is 0 Å². The lowest BCUT2D eigenvalue weighted by molar-refractivity contribution is 0.100. The van der Waals surface area contributed by atoms with E-state index >= 15 is 0 Å². The van der Waals surface area contributed by atoms with Crippen molar-refractivity contribution in [3.8, 4) is 5.75 Å². The van der Waals surface area contributed by atoms with Crippen LogP contribution in [0.3, 0.4) is 0 Å². The third-order valence-corrected chi connectivity index (χ3v) is 4.25. The molecular formula is C20H18N4O2. The van der Waals surface area contributed by atoms with Crippen LogP contribution in [-0.2, 0) is 6.42 Å². The molecule has 2 aromatic rings. The Morgan fingerprint density at radius 3 is 2.77 bits per heavy atom. The maximum absolute atomic E-state index is 12.2. The zero-order valence-electron chi connectivity index (χ0n) is 14.3. The Labute approximate surface area is 151 Å². The van der Waals surface area contributed by atoms with Crippen LogP contribution in [0.5, 0.6) is 5.75 Å². The number of hydrogen-bond donors (Lipinski definition) is 2. The molecule has 0 saturated heterocycles. The zero-order chi connectivity index (χ0) is 18.7. The van der Waals surface area contributed by atoms with E-state index in [1.807, 2.05) is 12.1 Å². The number of carbonyl (C=O) groups excluding carboxylic acids is 1. The Kier molecular flexibility index (Phi) is 4.72. The van der Waals surface area contributed by atoms with Gasteiger partial charge in [0.15, 0.2) is 11.6 Å². The van der Waals surface area contributed by atoms with Crippen LogP contribution in [-0.4, -0.2) is 19.0 Å². The van der Waals surface area contributed by atoms with E-state index in [4.69, 9.17) is 22.8 Å². The van der Waals surface area contributed by atoms with E-state index in [-0.39, 0.29) is 5.96 Å². The van der Waals surface area contributed by atoms with Crippen LogP contribution >= 0.6 is 0 Å². The van der Waals surface area contributed by atoms with Gasteiger partial charge in [0.2, 0.25) is 0 Å². The van der Waals surface area contributed by atoms with E-state index in [1.165, 1.54) is 0 Å². The third-order valence-electron chi connectivity index (χ3n) is 4.25. The third kappa shape index (κ3) is 3.15. The molecule has 1 amide bonds. The van der Waals surface area contributed by atoms with Gasteiger partial charge in [-0.3, -0.25) is 4.79 Å². The summed E-state index contributed by atoms with van der Waals surface area (Å²) in [6.07, 6.45) is 3.78. The van der Waals surface area contributed by atoms with Crippen molar-refractivity contribution >= 4 is 23.1 Å². The summed E-state index contributed by atoms with van der Waals surface area (Å²) in [5.74, 6) is -0.148. The number of methoxy groups -OCH3 is 1. The van der Waals surface area contributed by atoms with Gasteiger partial charge < -0.3 is 16.2 Å². The summed E-state index contributed by atoms with van der Waals surface area (Å²) in [5.41, 5.74) is 15.1. The Balaban J connectivity index is 2.18. The molecule has 0 saturated carbocycles. The molecule has 0 spiro atoms. The predicted octanol–water partition coefficient (Wildman–Crippen LogP) is 3.04. The fourth-order valence-electron chi connectivity index (χ4n) is 3.13. The molecule has 26 heavy (non-hydrogen) atoms. The molecular weight excluding hydrogens is 328 g/mol. The van der Waals surface area contributed by atoms with Gasteiger partial charge in [0.1, 0.15) is 5.75 Å². The highest BCUT2D eigenvalue weighted by molar-refractivity contribution is 6.03. The first kappa shape index (κ1) is 17.2. The summed E-state index contributed by atoms with van der Waals surface area (Å²) < 4.78 is 5.48. The summed E-state index contributed by atoms with van der Waals surface area (Å²) in [7, 11) is 1.58. The van der Waals surface area contributed by atoms with Crippen molar-refractivity contribution in [1.29, 1.82) is 0 Å². The number of nitrogens with two attached hydrogens (primary N) is 2. The van der Waals surface area contributed by atoms with E-state index in [1.54, 1.807) is 31.4 Å². The second-order valence-electron chi connectivity index (χ2n) is 5.84. The molecule has 6 heteroatoms. The lowest BCUT2D eigenvalue weighted by Crippen LogP contribution is -2.24. The van der Waals surface area contributed by atoms with Gasteiger partial charge in [-0.1, -0.05) is 24.3 Å². The van der Waals surface area contributed by atoms with Crippen molar-refractivity contribution in [2.24, 2.45) is 16.5 Å². The van der Waals surface area contributed by atoms with Gasteiger partial charge in [-0.05, 0) is 47.7 Å². The molecule has 0 unspecified atom stereocenters. The van der Waals surface area contributed by atoms with Gasteiger partial charge in [0.05, 0.1) is 13.7 Å². The average Bonchev–Trinajstić information content (AvgIpc) is 2.65. The zero-order valence-corrected chi connectivity index (χ0v) is 14.3. The van der Waals surface area contributed by atoms with Crippen molar-refractivity contribution in [3.05, 3.63) is 76.1 Å². The fourth-order valence-corrected chi connectivity index (χ4v) is 3.13. The predicted molar refractivity (Wildman–Crippen MR) is 101 cm³/mol. The second-order valence-corrected chi connectivity index (χ2v) is 5.84. The van der Waals surface area contributed by atoms with Gasteiger partial charge in [-0.25, -0.2) is 4.85 Å². The first-order chi connectivity index (χ1) is 12.5. The van der Waals surface area contributed by atoms with Gasteiger partial charge >= 0.3 is 0 Å². The topological polar surface area (TPSA) is 95.1 Å². The minimum absolute atomic E-state index is 0.275. The lowest BCUT2D eigenvalue weighted by atomic mass is 9.85. The number of aryl methyl sites for hydroxylation is 1. The van der Waals surface area contributed by atoms with E-state index < -0.39 is 5.91 Å². The number of amides is 1. The largest absolute Gasteiger partial charge is 0.497 e. The first-order valence-electron chi connectivity index (χ1n) is 8.07. The highest BCUT2D eigenvalue weighted by Crippen LogP contribution is 2.41. The second kappa shape index (κ2) is 7.11. The molecule has 6 nitrogen and oxygen atoms in total. The quantitative estimate of drug-likeness (QED) is 0.507. The first-order valence-corrected chi connectivity index (χ1v) is 8.07. The molecule has 1 aliphatic carbocycles. The molecule has 0 fully saturated rings. The fraction of sp³-hybridized carbons (Fsp3) is 0.150. The Morgan fingerprint density at radius 2 is 2.08 bits per heavy atom. The Bertz CT molecular complexity index is 980. The van der Waals surface area contributed by atoms with Crippen molar-refractivity contribution < 1.29 is 9.53 Å². The Hall–Kier alpha value is -3.59. The van der Waals surface area contributed by atoms with Gasteiger partial charge in [-0.15, -0.1) is 0 Å². The number of allylic oxidation sites excluding steroid dienone is 1. The molecule has 1 aliphatic rings. The highest BCUT2D eigenvalue weighted by Gasteiger charge is 2.21.